The number of aliphatic hydroxyl groups is 1. The molecular weight excluding hydrogens is 350 g/mol. The van der Waals surface area contributed by atoms with Crippen molar-refractivity contribution in [1.29, 1.82) is 0 Å². The number of methoxy groups -OCH3 is 2. The first-order valence-corrected chi connectivity index (χ1v) is 9.23. The molecule has 1 aromatic heterocycles. The van der Waals surface area contributed by atoms with Gasteiger partial charge in [-0.05, 0) is 42.8 Å². The van der Waals surface area contributed by atoms with Crippen LogP contribution in [0.15, 0.2) is 53.7 Å². The van der Waals surface area contributed by atoms with Crippen LogP contribution in [-0.2, 0) is 0 Å². The van der Waals surface area contributed by atoms with E-state index >= 15 is 0 Å². The fourth-order valence-electron chi connectivity index (χ4n) is 2.50. The van der Waals surface area contributed by atoms with Gasteiger partial charge in [0.2, 0.25) is 0 Å². The van der Waals surface area contributed by atoms with Crippen LogP contribution in [-0.4, -0.2) is 46.5 Å². The van der Waals surface area contributed by atoms with Gasteiger partial charge in [0.1, 0.15) is 11.5 Å². The molecule has 0 aliphatic rings. The van der Waals surface area contributed by atoms with Gasteiger partial charge in [0.25, 0.3) is 0 Å². The molecule has 0 saturated carbocycles. The number of aromatic nitrogens is 3. The molecule has 1 heterocycles. The minimum atomic E-state index is 0.159. The van der Waals surface area contributed by atoms with Gasteiger partial charge in [-0.15, -0.1) is 10.2 Å². The highest BCUT2D eigenvalue weighted by Gasteiger charge is 2.16. The number of hydrogen-bond acceptors (Lipinski definition) is 6. The average Bonchev–Trinajstić information content (AvgIpc) is 3.12. The second-order valence-corrected chi connectivity index (χ2v) is 6.56. The van der Waals surface area contributed by atoms with E-state index in [0.717, 1.165) is 39.5 Å². The van der Waals surface area contributed by atoms with Crippen molar-refractivity contribution in [1.82, 2.24) is 14.8 Å². The van der Waals surface area contributed by atoms with Crippen LogP contribution in [0.1, 0.15) is 6.42 Å². The van der Waals surface area contributed by atoms with Gasteiger partial charge in [-0.2, -0.15) is 0 Å². The zero-order valence-corrected chi connectivity index (χ0v) is 15.6. The third kappa shape index (κ3) is 4.00. The highest BCUT2D eigenvalue weighted by Crippen LogP contribution is 2.30. The lowest BCUT2D eigenvalue weighted by Gasteiger charge is -2.11. The van der Waals surface area contributed by atoms with Crippen LogP contribution in [0.2, 0.25) is 0 Å². The first kappa shape index (κ1) is 18.3. The molecule has 26 heavy (non-hydrogen) atoms. The van der Waals surface area contributed by atoms with Crippen molar-refractivity contribution in [2.75, 3.05) is 26.6 Å². The van der Waals surface area contributed by atoms with Crippen molar-refractivity contribution in [3.63, 3.8) is 0 Å². The molecule has 0 bridgehead atoms. The molecule has 0 unspecified atom stereocenters. The van der Waals surface area contributed by atoms with Crippen LogP contribution in [0.4, 0.5) is 0 Å². The number of ether oxygens (including phenoxy) is 2. The minimum absolute atomic E-state index is 0.159. The van der Waals surface area contributed by atoms with Gasteiger partial charge in [0.15, 0.2) is 11.0 Å². The molecule has 1 N–H and O–H groups in total. The highest BCUT2D eigenvalue weighted by atomic mass is 32.2. The number of thioether (sulfide) groups is 1. The minimum Gasteiger partial charge on any atom is -0.497 e. The lowest BCUT2D eigenvalue weighted by molar-refractivity contribution is 0.296. The Morgan fingerprint density at radius 2 is 1.77 bits per heavy atom. The molecule has 7 heteroatoms. The summed E-state index contributed by atoms with van der Waals surface area (Å²) in [5.74, 6) is 3.06. The zero-order valence-electron chi connectivity index (χ0n) is 14.8. The summed E-state index contributed by atoms with van der Waals surface area (Å²) in [5, 5.41) is 18.6. The number of rotatable bonds is 8. The fraction of sp³-hybridized carbons (Fsp3) is 0.263. The van der Waals surface area contributed by atoms with E-state index in [0.29, 0.717) is 6.42 Å². The predicted molar refractivity (Wildman–Crippen MR) is 102 cm³/mol. The summed E-state index contributed by atoms with van der Waals surface area (Å²) in [7, 11) is 3.29. The molecule has 3 rings (SSSR count). The van der Waals surface area contributed by atoms with E-state index in [1.54, 1.807) is 26.0 Å². The van der Waals surface area contributed by atoms with E-state index in [2.05, 4.69) is 10.2 Å². The number of aliphatic hydroxyl groups excluding tert-OH is 1. The van der Waals surface area contributed by atoms with Crippen molar-refractivity contribution < 1.29 is 14.6 Å². The standard InChI is InChI=1S/C19H21N3O3S/c1-24-16-9-7-15(8-10-16)22-18(14-5-3-6-17(13-14)25-2)20-21-19(22)26-12-4-11-23/h3,5-10,13,23H,4,11-12H2,1-2H3. The second-order valence-electron chi connectivity index (χ2n) is 5.50. The molecule has 0 amide bonds. The Hall–Kier alpha value is -2.51. The smallest absolute Gasteiger partial charge is 0.196 e. The predicted octanol–water partition coefficient (Wildman–Crippen LogP) is 3.43. The highest BCUT2D eigenvalue weighted by molar-refractivity contribution is 7.99. The van der Waals surface area contributed by atoms with Crippen LogP contribution in [0.5, 0.6) is 11.5 Å². The molecule has 0 radical (unpaired) electrons. The zero-order chi connectivity index (χ0) is 18.4. The number of nitrogens with zero attached hydrogens (tertiary/aromatic N) is 3. The topological polar surface area (TPSA) is 69.4 Å². The Morgan fingerprint density at radius 3 is 2.46 bits per heavy atom. The van der Waals surface area contributed by atoms with Crippen LogP contribution in [0, 0.1) is 0 Å². The summed E-state index contributed by atoms with van der Waals surface area (Å²) >= 11 is 1.57. The summed E-state index contributed by atoms with van der Waals surface area (Å²) in [5.41, 5.74) is 1.86. The summed E-state index contributed by atoms with van der Waals surface area (Å²) < 4.78 is 12.6. The summed E-state index contributed by atoms with van der Waals surface area (Å²) in [4.78, 5) is 0. The molecule has 0 atom stereocenters. The molecular formula is C19H21N3O3S. The second kappa shape index (κ2) is 8.73. The molecule has 2 aromatic carbocycles. The van der Waals surface area contributed by atoms with Gasteiger partial charge in [-0.3, -0.25) is 4.57 Å². The maximum Gasteiger partial charge on any atom is 0.196 e. The Morgan fingerprint density at radius 1 is 1.00 bits per heavy atom. The van der Waals surface area contributed by atoms with E-state index in [-0.39, 0.29) is 6.61 Å². The number of hydrogen-bond donors (Lipinski definition) is 1. The molecule has 0 saturated heterocycles. The fourth-order valence-corrected chi connectivity index (χ4v) is 3.38. The molecule has 0 spiro atoms. The van der Waals surface area contributed by atoms with Gasteiger partial charge in [-0.25, -0.2) is 0 Å². The van der Waals surface area contributed by atoms with Gasteiger partial charge in [0.05, 0.1) is 14.2 Å². The maximum absolute atomic E-state index is 9.05. The summed E-state index contributed by atoms with van der Waals surface area (Å²) in [6, 6.07) is 15.5. The SMILES string of the molecule is COc1ccc(-n2c(SCCCO)nnc2-c2cccc(OC)c2)cc1. The van der Waals surface area contributed by atoms with E-state index in [4.69, 9.17) is 14.6 Å². The molecule has 0 aliphatic heterocycles. The van der Waals surface area contributed by atoms with Gasteiger partial charge >= 0.3 is 0 Å². The van der Waals surface area contributed by atoms with Crippen LogP contribution in [0.3, 0.4) is 0 Å². The van der Waals surface area contributed by atoms with Crippen molar-refractivity contribution in [3.05, 3.63) is 48.5 Å². The lowest BCUT2D eigenvalue weighted by Crippen LogP contribution is -2.00. The molecule has 0 aliphatic carbocycles. The molecule has 136 valence electrons. The van der Waals surface area contributed by atoms with Crippen LogP contribution < -0.4 is 9.47 Å². The third-order valence-corrected chi connectivity index (χ3v) is 4.84. The van der Waals surface area contributed by atoms with Gasteiger partial charge < -0.3 is 14.6 Å². The first-order valence-electron chi connectivity index (χ1n) is 8.24. The van der Waals surface area contributed by atoms with E-state index in [9.17, 15) is 0 Å². The Balaban J connectivity index is 2.05. The van der Waals surface area contributed by atoms with Crippen molar-refractivity contribution in [3.8, 4) is 28.6 Å². The maximum atomic E-state index is 9.05. The Bertz CT molecular complexity index is 849. The van der Waals surface area contributed by atoms with E-state index in [1.807, 2.05) is 53.1 Å². The first-order chi connectivity index (χ1) is 12.8. The number of benzene rings is 2. The van der Waals surface area contributed by atoms with E-state index < -0.39 is 0 Å². The Labute approximate surface area is 156 Å². The lowest BCUT2D eigenvalue weighted by atomic mass is 10.2. The quantitative estimate of drug-likeness (QED) is 0.483. The molecule has 6 nitrogen and oxygen atoms in total. The Kier molecular flexibility index (Phi) is 6.14. The van der Waals surface area contributed by atoms with Crippen LogP contribution in [0.25, 0.3) is 17.1 Å². The average molecular weight is 371 g/mol. The van der Waals surface area contributed by atoms with Gasteiger partial charge in [-0.1, -0.05) is 23.9 Å². The monoisotopic (exact) mass is 371 g/mol. The van der Waals surface area contributed by atoms with Gasteiger partial charge in [0, 0.05) is 23.6 Å². The third-order valence-electron chi connectivity index (χ3n) is 3.83. The molecule has 0 fully saturated rings. The summed E-state index contributed by atoms with van der Waals surface area (Å²) in [6.45, 7) is 0.159. The van der Waals surface area contributed by atoms with E-state index in [1.165, 1.54) is 0 Å². The van der Waals surface area contributed by atoms with Crippen molar-refractivity contribution in [2.45, 2.75) is 11.6 Å². The van der Waals surface area contributed by atoms with Crippen LogP contribution >= 0.6 is 11.8 Å². The normalized spacial score (nSPS) is 10.7. The summed E-state index contributed by atoms with van der Waals surface area (Å²) in [6.07, 6.45) is 0.703. The largest absolute Gasteiger partial charge is 0.497 e. The molecule has 3 aromatic rings. The van der Waals surface area contributed by atoms with Crippen molar-refractivity contribution in [2.24, 2.45) is 0 Å². The van der Waals surface area contributed by atoms with Crippen molar-refractivity contribution >= 4 is 11.8 Å².